The SMILES string of the molecule is O=C(NC[C@@H](O)c1ccccc1)c1cc2sccc2n1Cc1ccccc1F. The van der Waals surface area contributed by atoms with E-state index in [9.17, 15) is 14.3 Å². The van der Waals surface area contributed by atoms with Crippen LogP contribution >= 0.6 is 11.3 Å². The summed E-state index contributed by atoms with van der Waals surface area (Å²) in [6.07, 6.45) is -0.791. The minimum atomic E-state index is -0.791. The first-order valence-electron chi connectivity index (χ1n) is 8.95. The van der Waals surface area contributed by atoms with E-state index in [1.54, 1.807) is 18.2 Å². The molecule has 0 fully saturated rings. The van der Waals surface area contributed by atoms with E-state index >= 15 is 0 Å². The van der Waals surface area contributed by atoms with Crippen LogP contribution < -0.4 is 5.32 Å². The summed E-state index contributed by atoms with van der Waals surface area (Å²) in [6.45, 7) is 0.359. The zero-order valence-electron chi connectivity index (χ0n) is 15.0. The predicted octanol–water partition coefficient (Wildman–Crippen LogP) is 4.35. The van der Waals surface area contributed by atoms with Crippen molar-refractivity contribution in [2.24, 2.45) is 0 Å². The molecule has 0 radical (unpaired) electrons. The number of rotatable bonds is 6. The highest BCUT2D eigenvalue weighted by Gasteiger charge is 2.18. The van der Waals surface area contributed by atoms with Crippen molar-refractivity contribution in [3.8, 4) is 0 Å². The third kappa shape index (κ3) is 3.69. The third-order valence-corrected chi connectivity index (χ3v) is 5.54. The summed E-state index contributed by atoms with van der Waals surface area (Å²) >= 11 is 1.53. The molecule has 0 aliphatic carbocycles. The van der Waals surface area contributed by atoms with Gasteiger partial charge in [0.05, 0.1) is 22.9 Å². The summed E-state index contributed by atoms with van der Waals surface area (Å²) in [4.78, 5) is 12.8. The number of fused-ring (bicyclic) bond motifs is 1. The smallest absolute Gasteiger partial charge is 0.268 e. The number of hydrogen-bond acceptors (Lipinski definition) is 3. The molecule has 0 aliphatic heterocycles. The van der Waals surface area contributed by atoms with E-state index in [0.29, 0.717) is 11.3 Å². The summed E-state index contributed by atoms with van der Waals surface area (Å²) < 4.78 is 16.9. The molecule has 0 spiro atoms. The molecule has 1 amide bonds. The zero-order valence-corrected chi connectivity index (χ0v) is 15.8. The van der Waals surface area contributed by atoms with Gasteiger partial charge in [-0.3, -0.25) is 4.79 Å². The van der Waals surface area contributed by atoms with E-state index in [0.717, 1.165) is 15.8 Å². The minimum Gasteiger partial charge on any atom is -0.387 e. The number of aromatic nitrogens is 1. The van der Waals surface area contributed by atoms with Crippen molar-refractivity contribution in [1.82, 2.24) is 9.88 Å². The van der Waals surface area contributed by atoms with Gasteiger partial charge >= 0.3 is 0 Å². The molecule has 28 heavy (non-hydrogen) atoms. The third-order valence-electron chi connectivity index (χ3n) is 4.68. The van der Waals surface area contributed by atoms with Gasteiger partial charge in [-0.05, 0) is 29.1 Å². The molecule has 2 aromatic heterocycles. The second-order valence-electron chi connectivity index (χ2n) is 6.51. The molecule has 4 nitrogen and oxygen atoms in total. The van der Waals surface area contributed by atoms with Gasteiger partial charge in [-0.2, -0.15) is 0 Å². The standard InChI is InChI=1S/C22H19FN2O2S/c23-17-9-5-4-8-16(17)14-25-18-10-11-28-21(18)12-19(25)22(27)24-13-20(26)15-6-2-1-3-7-15/h1-12,20,26H,13-14H2,(H,24,27)/t20-/m1/s1. The van der Waals surface area contributed by atoms with Crippen LogP contribution in [0.2, 0.25) is 0 Å². The average Bonchev–Trinajstić information content (AvgIpc) is 3.31. The lowest BCUT2D eigenvalue weighted by atomic mass is 10.1. The lowest BCUT2D eigenvalue weighted by molar-refractivity contribution is 0.0908. The topological polar surface area (TPSA) is 54.3 Å². The van der Waals surface area contributed by atoms with E-state index in [1.165, 1.54) is 17.4 Å². The van der Waals surface area contributed by atoms with Crippen molar-refractivity contribution in [2.45, 2.75) is 12.6 Å². The Kier molecular flexibility index (Phi) is 5.23. The van der Waals surface area contributed by atoms with E-state index in [2.05, 4.69) is 5.32 Å². The van der Waals surface area contributed by atoms with Crippen molar-refractivity contribution < 1.29 is 14.3 Å². The number of halogens is 1. The van der Waals surface area contributed by atoms with E-state index in [4.69, 9.17) is 0 Å². The van der Waals surface area contributed by atoms with Crippen molar-refractivity contribution in [1.29, 1.82) is 0 Å². The van der Waals surface area contributed by atoms with Gasteiger partial charge in [0.1, 0.15) is 11.5 Å². The maximum absolute atomic E-state index is 14.1. The number of nitrogens with one attached hydrogen (secondary N) is 1. The van der Waals surface area contributed by atoms with Gasteiger partial charge in [0.2, 0.25) is 0 Å². The monoisotopic (exact) mass is 394 g/mol. The van der Waals surface area contributed by atoms with Gasteiger partial charge in [0, 0.05) is 12.1 Å². The summed E-state index contributed by atoms with van der Waals surface area (Å²) in [5.74, 6) is -0.597. The largest absolute Gasteiger partial charge is 0.387 e. The number of carbonyl (C=O) groups excluding carboxylic acids is 1. The number of aliphatic hydroxyl groups is 1. The summed E-state index contributed by atoms with van der Waals surface area (Å²) in [5.41, 5.74) is 2.60. The Labute approximate surface area is 165 Å². The first-order chi connectivity index (χ1) is 13.6. The molecule has 0 bridgehead atoms. The molecular formula is C22H19FN2O2S. The van der Waals surface area contributed by atoms with Crippen molar-refractivity contribution in [2.75, 3.05) is 6.54 Å². The Morgan fingerprint density at radius 2 is 1.86 bits per heavy atom. The zero-order chi connectivity index (χ0) is 19.5. The Balaban J connectivity index is 1.57. The second-order valence-corrected chi connectivity index (χ2v) is 7.46. The Bertz CT molecular complexity index is 1100. The van der Waals surface area contributed by atoms with Gasteiger partial charge in [0.25, 0.3) is 5.91 Å². The molecule has 0 saturated carbocycles. The van der Waals surface area contributed by atoms with Crippen LogP contribution in [0.25, 0.3) is 10.2 Å². The molecule has 6 heteroatoms. The van der Waals surface area contributed by atoms with Crippen LogP contribution in [0.15, 0.2) is 72.1 Å². The number of thiophene rings is 1. The summed E-state index contributed by atoms with van der Waals surface area (Å²) in [5, 5.41) is 15.0. The Morgan fingerprint density at radius 3 is 2.64 bits per heavy atom. The van der Waals surface area contributed by atoms with Crippen LogP contribution in [0.3, 0.4) is 0 Å². The average molecular weight is 394 g/mol. The highest BCUT2D eigenvalue weighted by Crippen LogP contribution is 2.27. The van der Waals surface area contributed by atoms with E-state index < -0.39 is 6.10 Å². The normalized spacial score (nSPS) is 12.2. The highest BCUT2D eigenvalue weighted by molar-refractivity contribution is 7.17. The van der Waals surface area contributed by atoms with Crippen LogP contribution in [-0.2, 0) is 6.54 Å². The predicted molar refractivity (Wildman–Crippen MR) is 109 cm³/mol. The van der Waals surface area contributed by atoms with Crippen LogP contribution in [-0.4, -0.2) is 22.1 Å². The van der Waals surface area contributed by atoms with Crippen molar-refractivity contribution in [3.63, 3.8) is 0 Å². The van der Waals surface area contributed by atoms with Crippen LogP contribution in [0.4, 0.5) is 4.39 Å². The molecule has 0 aliphatic rings. The second kappa shape index (κ2) is 7.96. The van der Waals surface area contributed by atoms with Crippen LogP contribution in [0, 0.1) is 5.82 Å². The van der Waals surface area contributed by atoms with Gasteiger partial charge < -0.3 is 15.0 Å². The summed E-state index contributed by atoms with van der Waals surface area (Å²) in [6, 6.07) is 19.5. The van der Waals surface area contributed by atoms with Gasteiger partial charge in [0.15, 0.2) is 0 Å². The first kappa shape index (κ1) is 18.4. The lowest BCUT2D eigenvalue weighted by Crippen LogP contribution is -2.30. The number of amides is 1. The fraction of sp³-hybridized carbons (Fsp3) is 0.136. The van der Waals surface area contributed by atoms with Crippen molar-refractivity contribution in [3.05, 3.63) is 94.7 Å². The van der Waals surface area contributed by atoms with Crippen LogP contribution in [0.1, 0.15) is 27.7 Å². The van der Waals surface area contributed by atoms with Crippen molar-refractivity contribution >= 4 is 27.5 Å². The molecule has 2 aromatic carbocycles. The summed E-state index contributed by atoms with van der Waals surface area (Å²) in [7, 11) is 0. The van der Waals surface area contributed by atoms with E-state index in [1.807, 2.05) is 52.4 Å². The number of carbonyl (C=O) groups is 1. The molecule has 142 valence electrons. The minimum absolute atomic E-state index is 0.0986. The molecule has 0 unspecified atom stereocenters. The quantitative estimate of drug-likeness (QED) is 0.511. The molecule has 0 saturated heterocycles. The molecular weight excluding hydrogens is 375 g/mol. The fourth-order valence-electron chi connectivity index (χ4n) is 3.21. The van der Waals surface area contributed by atoms with Gasteiger partial charge in [-0.15, -0.1) is 11.3 Å². The highest BCUT2D eigenvalue weighted by atomic mass is 32.1. The fourth-order valence-corrected chi connectivity index (χ4v) is 4.03. The maximum Gasteiger partial charge on any atom is 0.268 e. The van der Waals surface area contributed by atoms with Crippen LogP contribution in [0.5, 0.6) is 0 Å². The first-order valence-corrected chi connectivity index (χ1v) is 9.83. The molecule has 4 rings (SSSR count). The Hall–Kier alpha value is -2.96. The number of nitrogens with zero attached hydrogens (tertiary/aromatic N) is 1. The van der Waals surface area contributed by atoms with E-state index in [-0.39, 0.29) is 24.8 Å². The number of benzene rings is 2. The molecule has 2 heterocycles. The number of hydrogen-bond donors (Lipinski definition) is 2. The Morgan fingerprint density at radius 1 is 1.11 bits per heavy atom. The lowest BCUT2D eigenvalue weighted by Gasteiger charge is -2.14. The van der Waals surface area contributed by atoms with Gasteiger partial charge in [-0.1, -0.05) is 48.5 Å². The maximum atomic E-state index is 14.1. The molecule has 4 aromatic rings. The molecule has 2 N–H and O–H groups in total. The number of aliphatic hydroxyl groups excluding tert-OH is 1. The molecule has 1 atom stereocenters. The van der Waals surface area contributed by atoms with Gasteiger partial charge in [-0.25, -0.2) is 4.39 Å².